The Balaban J connectivity index is 1.59. The molecule has 0 saturated heterocycles. The van der Waals surface area contributed by atoms with E-state index in [1.54, 1.807) is 19.1 Å². The summed E-state index contributed by atoms with van der Waals surface area (Å²) in [5, 5.41) is 2.08. The van der Waals surface area contributed by atoms with E-state index < -0.39 is 38.8 Å². The molecule has 1 heterocycles. The fraction of sp³-hybridized carbons (Fsp3) is 0.320. The second kappa shape index (κ2) is 9.89. The third-order valence-electron chi connectivity index (χ3n) is 6.23. The first-order valence-electron chi connectivity index (χ1n) is 11.2. The number of benzene rings is 2. The van der Waals surface area contributed by atoms with Gasteiger partial charge in [-0.05, 0) is 61.2 Å². The molecule has 2 aromatic carbocycles. The maximum Gasteiger partial charge on any atom is 0.417 e. The van der Waals surface area contributed by atoms with Crippen LogP contribution < -0.4 is 15.6 Å². The summed E-state index contributed by atoms with van der Waals surface area (Å²) in [6.07, 6.45) is -3.52. The molecule has 0 spiro atoms. The highest BCUT2D eigenvalue weighted by Gasteiger charge is 2.45. The van der Waals surface area contributed by atoms with E-state index in [0.717, 1.165) is 11.6 Å². The van der Waals surface area contributed by atoms with Gasteiger partial charge in [0.05, 0.1) is 27.2 Å². The maximum atomic E-state index is 14.6. The van der Waals surface area contributed by atoms with Crippen molar-refractivity contribution >= 4 is 39.8 Å². The third kappa shape index (κ3) is 5.29. The third-order valence-corrected chi connectivity index (χ3v) is 8.05. The number of aryl methyl sites for hydroxylation is 2. The molecule has 0 aliphatic heterocycles. The molecule has 1 fully saturated rings. The van der Waals surface area contributed by atoms with Crippen LogP contribution in [0.1, 0.15) is 41.5 Å². The topological polar surface area (TPSA) is 63.1 Å². The first-order valence-corrected chi connectivity index (χ1v) is 12.8. The van der Waals surface area contributed by atoms with Crippen LogP contribution in [0.15, 0.2) is 47.3 Å². The van der Waals surface area contributed by atoms with Crippen LogP contribution in [-0.4, -0.2) is 14.0 Å². The Hall–Kier alpha value is -2.85. The van der Waals surface area contributed by atoms with Crippen molar-refractivity contribution in [1.29, 1.82) is 0 Å². The fourth-order valence-corrected chi connectivity index (χ4v) is 5.65. The molecule has 0 amide bonds. The minimum atomic E-state index is -4.59. The first-order chi connectivity index (χ1) is 16.9. The standard InChI is InChI=1S/C25H24ClF4N3O2S/c1-4-14-5-8-20(19(27)10-14)31-23-21(9-13(2)24(34)33(23)3)32-36(35)22-12-16(22)15-6-7-18(26)17(11-15)25(28,29)30/h5-11,16,22,31-32H,4,12H2,1-3H3. The van der Waals surface area contributed by atoms with Crippen LogP contribution in [0.2, 0.25) is 5.02 Å². The zero-order chi connectivity index (χ0) is 26.4. The van der Waals surface area contributed by atoms with Gasteiger partial charge in [-0.15, -0.1) is 0 Å². The smallest absolute Gasteiger partial charge is 0.337 e. The van der Waals surface area contributed by atoms with E-state index in [-0.39, 0.29) is 23.0 Å². The van der Waals surface area contributed by atoms with Crippen molar-refractivity contribution in [3.63, 3.8) is 0 Å². The van der Waals surface area contributed by atoms with Crippen molar-refractivity contribution in [2.24, 2.45) is 7.05 Å². The number of anilines is 3. The van der Waals surface area contributed by atoms with Gasteiger partial charge in [0.1, 0.15) is 22.6 Å². The number of pyridine rings is 1. The van der Waals surface area contributed by atoms with Gasteiger partial charge in [0.15, 0.2) is 0 Å². The van der Waals surface area contributed by atoms with Crippen LogP contribution >= 0.6 is 11.6 Å². The molecule has 36 heavy (non-hydrogen) atoms. The Kier molecular flexibility index (Phi) is 7.21. The molecule has 5 nitrogen and oxygen atoms in total. The van der Waals surface area contributed by atoms with E-state index in [2.05, 4.69) is 10.0 Å². The number of hydrogen-bond donors (Lipinski definition) is 2. The molecule has 2 N–H and O–H groups in total. The van der Waals surface area contributed by atoms with E-state index >= 15 is 0 Å². The van der Waals surface area contributed by atoms with Gasteiger partial charge in [-0.2, -0.15) is 13.2 Å². The fourth-order valence-electron chi connectivity index (χ4n) is 4.06. The van der Waals surface area contributed by atoms with Crippen LogP contribution in [0.4, 0.5) is 34.8 Å². The SMILES string of the molecule is CCc1ccc(Nc2c(NS(=O)C3CC3c3ccc(Cl)c(C(F)(F)F)c3)cc(C)c(=O)n2C)c(F)c1. The number of aromatic nitrogens is 1. The van der Waals surface area contributed by atoms with Gasteiger partial charge in [0, 0.05) is 18.5 Å². The zero-order valence-corrected chi connectivity index (χ0v) is 21.2. The van der Waals surface area contributed by atoms with Gasteiger partial charge in [-0.1, -0.05) is 30.7 Å². The largest absolute Gasteiger partial charge is 0.417 e. The molecule has 3 aromatic rings. The summed E-state index contributed by atoms with van der Waals surface area (Å²) in [5.41, 5.74) is 0.802. The van der Waals surface area contributed by atoms with Gasteiger partial charge in [0.2, 0.25) is 0 Å². The molecular formula is C25H24ClF4N3O2S. The number of alkyl halides is 3. The van der Waals surface area contributed by atoms with Gasteiger partial charge in [0.25, 0.3) is 5.56 Å². The van der Waals surface area contributed by atoms with Crippen LogP contribution in [0, 0.1) is 12.7 Å². The van der Waals surface area contributed by atoms with Crippen molar-refractivity contribution < 1.29 is 21.8 Å². The predicted molar refractivity (Wildman–Crippen MR) is 135 cm³/mol. The number of rotatable bonds is 7. The summed E-state index contributed by atoms with van der Waals surface area (Å²) in [4.78, 5) is 12.5. The number of nitrogens with one attached hydrogen (secondary N) is 2. The average molecular weight is 542 g/mol. The number of nitrogens with zero attached hydrogens (tertiary/aromatic N) is 1. The molecular weight excluding hydrogens is 518 g/mol. The molecule has 1 aromatic heterocycles. The zero-order valence-electron chi connectivity index (χ0n) is 19.7. The molecule has 1 aliphatic rings. The number of hydrogen-bond acceptors (Lipinski definition) is 3. The minimum absolute atomic E-state index is 0.144. The summed E-state index contributed by atoms with van der Waals surface area (Å²) in [6, 6.07) is 9.94. The van der Waals surface area contributed by atoms with Crippen molar-refractivity contribution in [2.45, 2.75) is 44.0 Å². The Bertz CT molecular complexity index is 1410. The summed E-state index contributed by atoms with van der Waals surface area (Å²) < 4.78 is 71.7. The van der Waals surface area contributed by atoms with Crippen LogP contribution in [-0.2, 0) is 30.6 Å². The van der Waals surface area contributed by atoms with E-state index in [9.17, 15) is 26.6 Å². The van der Waals surface area contributed by atoms with Gasteiger partial charge >= 0.3 is 6.18 Å². The van der Waals surface area contributed by atoms with E-state index in [4.69, 9.17) is 11.6 Å². The lowest BCUT2D eigenvalue weighted by Gasteiger charge is -2.18. The van der Waals surface area contributed by atoms with Gasteiger partial charge in [-0.3, -0.25) is 9.36 Å². The van der Waals surface area contributed by atoms with Crippen molar-refractivity contribution in [3.05, 3.63) is 85.9 Å². The van der Waals surface area contributed by atoms with Gasteiger partial charge in [-0.25, -0.2) is 8.60 Å². The molecule has 1 saturated carbocycles. The Labute approximate surface area is 213 Å². The number of halogens is 5. The highest BCUT2D eigenvalue weighted by Crippen LogP contribution is 2.47. The molecule has 11 heteroatoms. The van der Waals surface area contributed by atoms with Crippen LogP contribution in [0.3, 0.4) is 0 Å². The molecule has 3 atom stereocenters. The minimum Gasteiger partial charge on any atom is -0.337 e. The van der Waals surface area contributed by atoms with Gasteiger partial charge < -0.3 is 10.0 Å². The van der Waals surface area contributed by atoms with Crippen molar-refractivity contribution in [1.82, 2.24) is 4.57 Å². The molecule has 0 bridgehead atoms. The lowest BCUT2D eigenvalue weighted by molar-refractivity contribution is -0.137. The predicted octanol–water partition coefficient (Wildman–Crippen LogP) is 6.44. The Morgan fingerprint density at radius 3 is 2.50 bits per heavy atom. The second-order valence-corrected chi connectivity index (χ2v) is 10.6. The van der Waals surface area contributed by atoms with Crippen LogP contribution in [0.25, 0.3) is 0 Å². The van der Waals surface area contributed by atoms with E-state index in [1.807, 2.05) is 6.92 Å². The molecule has 192 valence electrons. The lowest BCUT2D eigenvalue weighted by Crippen LogP contribution is -2.24. The average Bonchev–Trinajstić information content (AvgIpc) is 3.61. The second-order valence-electron chi connectivity index (χ2n) is 8.76. The molecule has 4 rings (SSSR count). The highest BCUT2D eigenvalue weighted by molar-refractivity contribution is 7.87. The summed E-state index contributed by atoms with van der Waals surface area (Å²) in [5.74, 6) is -0.633. The maximum absolute atomic E-state index is 14.6. The molecule has 3 unspecified atom stereocenters. The monoisotopic (exact) mass is 541 g/mol. The highest BCUT2D eigenvalue weighted by atomic mass is 35.5. The first kappa shape index (κ1) is 26.2. The molecule has 0 radical (unpaired) electrons. The summed E-state index contributed by atoms with van der Waals surface area (Å²) in [7, 11) is -0.180. The van der Waals surface area contributed by atoms with E-state index in [1.165, 1.54) is 35.9 Å². The van der Waals surface area contributed by atoms with Crippen molar-refractivity contribution in [3.8, 4) is 0 Å². The van der Waals surface area contributed by atoms with E-state index in [0.29, 0.717) is 29.7 Å². The lowest BCUT2D eigenvalue weighted by atomic mass is 10.1. The quantitative estimate of drug-likeness (QED) is 0.338. The van der Waals surface area contributed by atoms with Crippen LogP contribution in [0.5, 0.6) is 0 Å². The Morgan fingerprint density at radius 2 is 1.86 bits per heavy atom. The normalized spacial score (nSPS) is 18.1. The summed E-state index contributed by atoms with van der Waals surface area (Å²) in [6.45, 7) is 3.51. The van der Waals surface area contributed by atoms with Crippen molar-refractivity contribution in [2.75, 3.05) is 10.0 Å². The molecule has 1 aliphatic carbocycles. The Morgan fingerprint density at radius 1 is 1.14 bits per heavy atom. The summed E-state index contributed by atoms with van der Waals surface area (Å²) >= 11 is 5.71.